The van der Waals surface area contributed by atoms with Crippen molar-refractivity contribution in [2.45, 2.75) is 243 Å². The Morgan fingerprint density at radius 2 is 1.08 bits per heavy atom. The standard InChI is InChI=1S/C75H117N21O22/c1-10-39(6)60-73(117)83-37-57(101)86-52(35-59(104)105)71(115)93-51(70(114)90-48(62(76)106)32-43-21-14-13-15-22-43)34-56(100)80-29-19-17-24-45(67(111)95-60)87-65(109)46(25-20-30-81-75(77)78)88-68(112)49(31-38(4)5)92-66(110)47(26-27-58(102)103)89-69(113)50-33-55(99)79-28-18-16-23-44(85-42(9)97)64(108)94-53(36-82-54(98)12-3)72(116)96-61(40(7)11-2)74(118)84-41(8)63(107)91-50/h12-15,21-22,38-41,44-53,60-61H,3,10-11,16-20,23-37H2,1-2,4-9H3,(H2,76,106)(H,79,99)(H,80,100)(H,82,98)(H,83,117)(H,84,118)(H,85,97)(H,86,101)(H,87,109)(H,88,112)(H,89,113)(H,90,114)(H,91,107)(H,92,110)(H,93,115)(H,94,108)(H,95,111)(H,96,116)(H,102,103)(H,104,105)(H4,77,78,81)/t39-,40-,41-,44-,45-,46-,47-,48-,49-,50-,51-,52-,53?,60-,61-/m0/s1. The number of carbonyl (C=O) groups is 20. The van der Waals surface area contributed by atoms with Crippen molar-refractivity contribution in [2.75, 3.05) is 32.7 Å². The zero-order chi connectivity index (χ0) is 88.5. The lowest BCUT2D eigenvalue weighted by Gasteiger charge is -2.29. The van der Waals surface area contributed by atoms with Gasteiger partial charge in [-0.1, -0.05) is 91.3 Å². The Hall–Kier alpha value is -12.4. The highest BCUT2D eigenvalue weighted by Crippen LogP contribution is 2.16. The average molecular weight is 1660 g/mol. The first-order valence-electron chi connectivity index (χ1n) is 39.1. The summed E-state index contributed by atoms with van der Waals surface area (Å²) >= 11 is 0. The number of hydrogen-bond donors (Lipinski definition) is 23. The van der Waals surface area contributed by atoms with Gasteiger partial charge in [-0.05, 0) is 101 Å². The molecule has 654 valence electrons. The molecule has 1 aromatic carbocycles. The van der Waals surface area contributed by atoms with Crippen LogP contribution in [0.25, 0.3) is 0 Å². The summed E-state index contributed by atoms with van der Waals surface area (Å²) < 4.78 is 0. The first kappa shape index (κ1) is 99.8. The van der Waals surface area contributed by atoms with Crippen molar-refractivity contribution in [2.24, 2.45) is 29.2 Å². The van der Waals surface area contributed by atoms with E-state index in [1.165, 1.54) is 6.92 Å². The van der Waals surface area contributed by atoms with Crippen LogP contribution in [0.3, 0.4) is 0 Å². The van der Waals surface area contributed by atoms with E-state index in [4.69, 9.17) is 16.9 Å². The van der Waals surface area contributed by atoms with Gasteiger partial charge in [0, 0.05) is 45.9 Å². The zero-order valence-corrected chi connectivity index (χ0v) is 67.7. The van der Waals surface area contributed by atoms with Gasteiger partial charge in [0.1, 0.15) is 78.5 Å². The maximum atomic E-state index is 14.9. The average Bonchev–Trinajstić information content (AvgIpc) is 0.837. The van der Waals surface area contributed by atoms with Crippen LogP contribution in [0.5, 0.6) is 0 Å². The summed E-state index contributed by atoms with van der Waals surface area (Å²) in [6.07, 6.45) is -3.55. The lowest BCUT2D eigenvalue weighted by atomic mass is 9.97. The molecule has 2 aliphatic rings. The van der Waals surface area contributed by atoms with Gasteiger partial charge in [-0.25, -0.2) is 0 Å². The molecule has 43 nitrogen and oxygen atoms in total. The van der Waals surface area contributed by atoms with E-state index in [2.05, 4.69) is 102 Å². The second kappa shape index (κ2) is 51.6. The highest BCUT2D eigenvalue weighted by molar-refractivity contribution is 6.02. The number of primary amides is 1. The summed E-state index contributed by atoms with van der Waals surface area (Å²) in [5.74, 6) is -23.3. The molecule has 43 heteroatoms. The van der Waals surface area contributed by atoms with Crippen LogP contribution >= 0.6 is 0 Å². The lowest BCUT2D eigenvalue weighted by molar-refractivity contribution is -0.141. The summed E-state index contributed by atoms with van der Waals surface area (Å²) in [6.45, 7) is 13.7. The van der Waals surface area contributed by atoms with Gasteiger partial charge in [-0.2, -0.15) is 0 Å². The molecule has 0 spiro atoms. The van der Waals surface area contributed by atoms with Gasteiger partial charge < -0.3 is 117 Å². The Labute approximate surface area is 682 Å². The summed E-state index contributed by atoms with van der Waals surface area (Å²) in [7, 11) is 0. The molecule has 1 unspecified atom stereocenters. The third-order valence-electron chi connectivity index (χ3n) is 19.1. The minimum atomic E-state index is -1.93. The monoisotopic (exact) mass is 1660 g/mol. The fourth-order valence-electron chi connectivity index (χ4n) is 12.1. The molecule has 1 aromatic rings. The number of carboxylic acids is 2. The Bertz CT molecular complexity index is 3750. The van der Waals surface area contributed by atoms with Crippen molar-refractivity contribution in [3.05, 3.63) is 48.6 Å². The maximum absolute atomic E-state index is 14.9. The number of carboxylic acid groups (broad SMARTS) is 2. The molecule has 2 fully saturated rings. The van der Waals surface area contributed by atoms with E-state index in [1.807, 2.05) is 0 Å². The number of benzene rings is 1. The zero-order valence-electron chi connectivity index (χ0n) is 67.7. The smallest absolute Gasteiger partial charge is 0.305 e. The molecular formula is C75H117N21O22. The van der Waals surface area contributed by atoms with E-state index in [9.17, 15) is 106 Å². The first-order valence-corrected chi connectivity index (χ1v) is 39.1. The molecule has 0 aromatic heterocycles. The Morgan fingerprint density at radius 3 is 1.61 bits per heavy atom. The second-order valence-electron chi connectivity index (χ2n) is 29.3. The molecule has 3 rings (SSSR count). The number of amides is 18. The van der Waals surface area contributed by atoms with E-state index >= 15 is 0 Å². The maximum Gasteiger partial charge on any atom is 0.305 e. The summed E-state index contributed by atoms with van der Waals surface area (Å²) in [5, 5.41) is 72.0. The highest BCUT2D eigenvalue weighted by atomic mass is 16.4. The van der Waals surface area contributed by atoms with Crippen molar-refractivity contribution in [3.8, 4) is 0 Å². The molecule has 0 saturated carbocycles. The molecule has 0 radical (unpaired) electrons. The van der Waals surface area contributed by atoms with Gasteiger partial charge in [0.05, 0.1) is 25.8 Å². The molecular weight excluding hydrogens is 1550 g/mol. The first-order chi connectivity index (χ1) is 55.7. The number of aliphatic carboxylic acids is 2. The van der Waals surface area contributed by atoms with E-state index in [0.29, 0.717) is 5.56 Å². The van der Waals surface area contributed by atoms with Crippen LogP contribution in [0, 0.1) is 23.2 Å². The molecule has 25 N–H and O–H groups in total. The van der Waals surface area contributed by atoms with E-state index in [0.717, 1.165) is 13.0 Å². The minimum absolute atomic E-state index is 0.00783. The molecule has 15 atom stereocenters. The van der Waals surface area contributed by atoms with Crippen molar-refractivity contribution in [3.63, 3.8) is 0 Å². The largest absolute Gasteiger partial charge is 0.481 e. The fraction of sp³-hybridized carbons (Fsp3) is 0.613. The van der Waals surface area contributed by atoms with Crippen LogP contribution in [0.2, 0.25) is 0 Å². The third-order valence-corrected chi connectivity index (χ3v) is 19.1. The number of hydrogen-bond acceptors (Lipinski definition) is 21. The molecule has 2 heterocycles. The predicted octanol–water partition coefficient (Wildman–Crippen LogP) is -6.40. The van der Waals surface area contributed by atoms with Gasteiger partial charge >= 0.3 is 11.9 Å². The molecule has 0 aliphatic carbocycles. The van der Waals surface area contributed by atoms with Crippen molar-refractivity contribution in [1.82, 2.24) is 95.7 Å². The van der Waals surface area contributed by atoms with Crippen LogP contribution in [0.15, 0.2) is 43.0 Å². The van der Waals surface area contributed by atoms with Crippen LogP contribution in [-0.2, 0) is 102 Å². The Kier molecular flexibility index (Phi) is 43.6. The summed E-state index contributed by atoms with van der Waals surface area (Å²) in [4.78, 5) is 274. The van der Waals surface area contributed by atoms with Gasteiger partial charge in [0.25, 0.3) is 0 Å². The number of nitrogens with two attached hydrogens (primary N) is 2. The van der Waals surface area contributed by atoms with Crippen molar-refractivity contribution < 1.29 is 106 Å². The molecule has 2 saturated heterocycles. The summed E-state index contributed by atoms with van der Waals surface area (Å²) in [6, 6.07) is -12.8. The fourth-order valence-corrected chi connectivity index (χ4v) is 12.1. The Balaban J connectivity index is 2.08. The number of rotatable bonds is 32. The predicted molar refractivity (Wildman–Crippen MR) is 422 cm³/mol. The number of guanidine groups is 1. The molecule has 18 amide bonds. The van der Waals surface area contributed by atoms with Crippen LogP contribution in [-0.4, -0.2) is 246 Å². The second-order valence-corrected chi connectivity index (χ2v) is 29.3. The van der Waals surface area contributed by atoms with Crippen molar-refractivity contribution >= 4 is 124 Å². The Morgan fingerprint density at radius 1 is 0.559 bits per heavy atom. The molecule has 2 aliphatic heterocycles. The van der Waals surface area contributed by atoms with Gasteiger partial charge in [-0.3, -0.25) is 101 Å². The third kappa shape index (κ3) is 37.1. The highest BCUT2D eigenvalue weighted by Gasteiger charge is 2.40. The number of nitrogens with one attached hydrogen (secondary N) is 19. The summed E-state index contributed by atoms with van der Waals surface area (Å²) in [5.41, 5.74) is 11.8. The topological polar surface area (TPSA) is 674 Å². The van der Waals surface area contributed by atoms with Gasteiger partial charge in [0.15, 0.2) is 5.96 Å². The van der Waals surface area contributed by atoms with E-state index < -0.39 is 266 Å². The SMILES string of the molecule is C=CC(=O)NCC1NC(=O)[C@@H](NC(C)=O)CCCCNC(=O)C[C@@H](C(=O)N[C@@H](CCC(=O)O)C(=O)N[C@@H](CC(C)C)C(=O)N[C@@H](CCCNC(=N)N)C(=O)N[C@H]2CCCCNC(=O)C[C@@H](C(=O)N[C@@H](Cc3ccccc3)C(N)=O)NC(=O)[C@H](CC(=O)O)NC(=O)CNC(=O)[C@H]([C@@H](C)CC)NC2=O)NC(=O)[C@H](C)NC(=O)[C@H]([C@@H](C)CC)NC1=O. The quantitative estimate of drug-likeness (QED) is 0.0138. The van der Waals surface area contributed by atoms with Crippen LogP contribution in [0.4, 0.5) is 0 Å². The van der Waals surface area contributed by atoms with Gasteiger partial charge in [0.2, 0.25) is 106 Å². The van der Waals surface area contributed by atoms with Crippen LogP contribution in [0.1, 0.15) is 164 Å². The van der Waals surface area contributed by atoms with E-state index in [1.54, 1.807) is 71.9 Å². The number of carbonyl (C=O) groups excluding carboxylic acids is 18. The van der Waals surface area contributed by atoms with Crippen LogP contribution < -0.4 is 107 Å². The molecule has 118 heavy (non-hydrogen) atoms. The molecule has 0 bridgehead atoms. The van der Waals surface area contributed by atoms with Gasteiger partial charge in [-0.15, -0.1) is 0 Å². The minimum Gasteiger partial charge on any atom is -0.481 e. The lowest BCUT2D eigenvalue weighted by Crippen LogP contribution is -2.62. The van der Waals surface area contributed by atoms with E-state index in [-0.39, 0.29) is 96.7 Å². The normalized spacial score (nSPS) is 22.4. The van der Waals surface area contributed by atoms with Crippen molar-refractivity contribution in [1.29, 1.82) is 5.41 Å².